The minimum absolute atomic E-state index is 0.248. The first kappa shape index (κ1) is 14.0. The smallest absolute Gasteiger partial charge is 0.128 e. The van der Waals surface area contributed by atoms with E-state index >= 15 is 0 Å². The molecule has 0 saturated heterocycles. The highest BCUT2D eigenvalue weighted by atomic mass is 16.5. The first-order chi connectivity index (χ1) is 7.63. The average Bonchev–Trinajstić information content (AvgIpc) is 2.19. The molecule has 2 nitrogen and oxygen atoms in total. The van der Waals surface area contributed by atoms with Crippen molar-refractivity contribution < 1.29 is 9.84 Å². The van der Waals surface area contributed by atoms with Crippen molar-refractivity contribution in [3.8, 4) is 5.75 Å². The summed E-state index contributed by atoms with van der Waals surface area (Å²) in [5.74, 6) is 0.796. The van der Waals surface area contributed by atoms with Gasteiger partial charge in [0.05, 0.1) is 12.7 Å². The minimum Gasteiger partial charge on any atom is -0.496 e. The Balaban J connectivity index is 3.47. The molecule has 1 N–H and O–H groups in total. The molecule has 17 heavy (non-hydrogen) atoms. The lowest BCUT2D eigenvalue weighted by atomic mass is 9.72. The van der Waals surface area contributed by atoms with Gasteiger partial charge in [-0.2, -0.15) is 0 Å². The van der Waals surface area contributed by atoms with Gasteiger partial charge in [-0.15, -0.1) is 0 Å². The summed E-state index contributed by atoms with van der Waals surface area (Å²) in [5, 5.41) is 10.8. The molecule has 0 aliphatic carbocycles. The van der Waals surface area contributed by atoms with Crippen LogP contribution >= 0.6 is 0 Å². The fraction of sp³-hybridized carbons (Fsp3) is 0.600. The van der Waals surface area contributed by atoms with Crippen LogP contribution in [0.1, 0.15) is 44.4 Å². The standard InChI is InChI=1S/C15H24O2/c1-10-8-9-12(13(17-7)11(10)2)15(6,16)14(3,4)5/h8-9,16H,1-7H3. The van der Waals surface area contributed by atoms with Crippen molar-refractivity contribution in [1.82, 2.24) is 0 Å². The monoisotopic (exact) mass is 236 g/mol. The molecule has 1 rings (SSSR count). The molecule has 0 heterocycles. The van der Waals surface area contributed by atoms with Crippen molar-refractivity contribution in [3.63, 3.8) is 0 Å². The third-order valence-electron chi connectivity index (χ3n) is 3.87. The average molecular weight is 236 g/mol. The van der Waals surface area contributed by atoms with Crippen LogP contribution in [0.25, 0.3) is 0 Å². The Hall–Kier alpha value is -1.02. The Kier molecular flexibility index (Phi) is 3.58. The summed E-state index contributed by atoms with van der Waals surface area (Å²) >= 11 is 0. The molecule has 0 aliphatic rings. The van der Waals surface area contributed by atoms with Crippen LogP contribution in [0.2, 0.25) is 0 Å². The van der Waals surface area contributed by atoms with E-state index in [1.54, 1.807) is 7.11 Å². The second kappa shape index (κ2) is 4.34. The zero-order valence-corrected chi connectivity index (χ0v) is 12.0. The van der Waals surface area contributed by atoms with Crippen LogP contribution in [0.4, 0.5) is 0 Å². The van der Waals surface area contributed by atoms with Crippen molar-refractivity contribution in [1.29, 1.82) is 0 Å². The molecule has 1 unspecified atom stereocenters. The van der Waals surface area contributed by atoms with Crippen LogP contribution in [0.5, 0.6) is 5.75 Å². The Morgan fingerprint density at radius 2 is 1.59 bits per heavy atom. The van der Waals surface area contributed by atoms with Crippen LogP contribution in [0.3, 0.4) is 0 Å². The molecule has 1 atom stereocenters. The molecule has 0 bridgehead atoms. The third-order valence-corrected chi connectivity index (χ3v) is 3.87. The summed E-state index contributed by atoms with van der Waals surface area (Å²) in [6, 6.07) is 4.00. The maximum atomic E-state index is 10.8. The topological polar surface area (TPSA) is 29.5 Å². The molecular formula is C15H24O2. The van der Waals surface area contributed by atoms with Crippen LogP contribution in [0.15, 0.2) is 12.1 Å². The Morgan fingerprint density at radius 3 is 2.00 bits per heavy atom. The van der Waals surface area contributed by atoms with Gasteiger partial charge in [0, 0.05) is 5.56 Å². The van der Waals surface area contributed by atoms with Crippen molar-refractivity contribution in [2.75, 3.05) is 7.11 Å². The molecule has 96 valence electrons. The van der Waals surface area contributed by atoms with Crippen molar-refractivity contribution in [3.05, 3.63) is 28.8 Å². The highest BCUT2D eigenvalue weighted by Gasteiger charge is 2.39. The maximum Gasteiger partial charge on any atom is 0.128 e. The van der Waals surface area contributed by atoms with Gasteiger partial charge in [0.15, 0.2) is 0 Å². The molecule has 0 fully saturated rings. The van der Waals surface area contributed by atoms with Crippen molar-refractivity contribution in [2.24, 2.45) is 5.41 Å². The van der Waals surface area contributed by atoms with Gasteiger partial charge < -0.3 is 9.84 Å². The van der Waals surface area contributed by atoms with Crippen molar-refractivity contribution in [2.45, 2.75) is 47.1 Å². The molecule has 2 heteroatoms. The van der Waals surface area contributed by atoms with Gasteiger partial charge in [0.2, 0.25) is 0 Å². The van der Waals surface area contributed by atoms with E-state index in [1.807, 2.05) is 53.7 Å². The quantitative estimate of drug-likeness (QED) is 0.850. The predicted molar refractivity (Wildman–Crippen MR) is 71.5 cm³/mol. The van der Waals surface area contributed by atoms with Gasteiger partial charge in [-0.1, -0.05) is 32.9 Å². The summed E-state index contributed by atoms with van der Waals surface area (Å²) in [4.78, 5) is 0. The molecule has 1 aromatic carbocycles. The molecular weight excluding hydrogens is 212 g/mol. The van der Waals surface area contributed by atoms with Gasteiger partial charge in [0.1, 0.15) is 5.75 Å². The number of methoxy groups -OCH3 is 1. The van der Waals surface area contributed by atoms with Gasteiger partial charge in [-0.25, -0.2) is 0 Å². The zero-order chi connectivity index (χ0) is 13.4. The molecule has 1 aromatic rings. The van der Waals surface area contributed by atoms with Crippen LogP contribution in [-0.4, -0.2) is 12.2 Å². The lowest BCUT2D eigenvalue weighted by Gasteiger charge is -2.38. The van der Waals surface area contributed by atoms with Gasteiger partial charge >= 0.3 is 0 Å². The largest absolute Gasteiger partial charge is 0.496 e. The Labute approximate surface area is 105 Å². The minimum atomic E-state index is -0.920. The lowest BCUT2D eigenvalue weighted by molar-refractivity contribution is -0.0486. The normalized spacial score (nSPS) is 15.5. The van der Waals surface area contributed by atoms with Gasteiger partial charge in [0.25, 0.3) is 0 Å². The molecule has 0 aliphatic heterocycles. The van der Waals surface area contributed by atoms with Gasteiger partial charge in [-0.05, 0) is 37.3 Å². The van der Waals surface area contributed by atoms with E-state index in [2.05, 4.69) is 0 Å². The number of benzene rings is 1. The van der Waals surface area contributed by atoms with E-state index in [1.165, 1.54) is 5.56 Å². The number of ether oxygens (including phenoxy) is 1. The molecule has 0 spiro atoms. The fourth-order valence-corrected chi connectivity index (χ4v) is 1.84. The first-order valence-corrected chi connectivity index (χ1v) is 6.00. The SMILES string of the molecule is COc1c(C(C)(O)C(C)(C)C)ccc(C)c1C. The van der Waals surface area contributed by atoms with E-state index < -0.39 is 5.60 Å². The molecule has 0 saturated carbocycles. The van der Waals surface area contributed by atoms with Crippen LogP contribution in [0, 0.1) is 19.3 Å². The van der Waals surface area contributed by atoms with Crippen molar-refractivity contribution >= 4 is 0 Å². The Morgan fingerprint density at radius 1 is 1.06 bits per heavy atom. The van der Waals surface area contributed by atoms with E-state index in [0.717, 1.165) is 16.9 Å². The first-order valence-electron chi connectivity index (χ1n) is 6.00. The number of aliphatic hydroxyl groups is 1. The fourth-order valence-electron chi connectivity index (χ4n) is 1.84. The van der Waals surface area contributed by atoms with Crippen LogP contribution in [-0.2, 0) is 5.60 Å². The van der Waals surface area contributed by atoms with Crippen LogP contribution < -0.4 is 4.74 Å². The molecule has 0 amide bonds. The van der Waals surface area contributed by atoms with E-state index in [9.17, 15) is 5.11 Å². The van der Waals surface area contributed by atoms with Gasteiger partial charge in [-0.3, -0.25) is 0 Å². The summed E-state index contributed by atoms with van der Waals surface area (Å²) < 4.78 is 5.48. The molecule has 0 aromatic heterocycles. The molecule has 0 radical (unpaired) electrons. The summed E-state index contributed by atoms with van der Waals surface area (Å²) in [6.07, 6.45) is 0. The summed E-state index contributed by atoms with van der Waals surface area (Å²) in [5.41, 5.74) is 1.96. The number of aryl methyl sites for hydroxylation is 1. The predicted octanol–water partition coefficient (Wildman–Crippen LogP) is 3.57. The highest BCUT2D eigenvalue weighted by molar-refractivity contribution is 5.48. The van der Waals surface area contributed by atoms with E-state index in [-0.39, 0.29) is 5.41 Å². The zero-order valence-electron chi connectivity index (χ0n) is 12.0. The second-order valence-electron chi connectivity index (χ2n) is 5.91. The Bertz CT molecular complexity index is 412. The maximum absolute atomic E-state index is 10.8. The summed E-state index contributed by atoms with van der Waals surface area (Å²) in [7, 11) is 1.66. The summed E-state index contributed by atoms with van der Waals surface area (Å²) in [6.45, 7) is 12.0. The number of hydrogen-bond donors (Lipinski definition) is 1. The number of rotatable bonds is 2. The number of hydrogen-bond acceptors (Lipinski definition) is 2. The lowest BCUT2D eigenvalue weighted by Crippen LogP contribution is -2.37. The highest BCUT2D eigenvalue weighted by Crippen LogP contribution is 2.44. The van der Waals surface area contributed by atoms with E-state index in [4.69, 9.17) is 4.74 Å². The second-order valence-corrected chi connectivity index (χ2v) is 5.91. The third kappa shape index (κ3) is 2.32. The van der Waals surface area contributed by atoms with E-state index in [0.29, 0.717) is 0 Å².